The number of aromatic nitrogens is 2. The summed E-state index contributed by atoms with van der Waals surface area (Å²) >= 11 is 6.33. The van der Waals surface area contributed by atoms with E-state index < -0.39 is 11.7 Å². The summed E-state index contributed by atoms with van der Waals surface area (Å²) in [6, 6.07) is 6.84. The lowest BCUT2D eigenvalue weighted by atomic mass is 9.96. The maximum Gasteiger partial charge on any atom is 0.277 e. The van der Waals surface area contributed by atoms with Gasteiger partial charge in [0.2, 0.25) is 0 Å². The third-order valence-electron chi connectivity index (χ3n) is 5.52. The summed E-state index contributed by atoms with van der Waals surface area (Å²) < 4.78 is 23.3. The molecule has 0 aliphatic carbocycles. The number of hydrogen-bond acceptors (Lipinski definition) is 6. The first-order valence-corrected chi connectivity index (χ1v) is 11.2. The molecule has 0 saturated carbocycles. The number of carbonyl (C=O) groups excluding carboxylic acids is 1. The molecule has 11 heteroatoms. The predicted molar refractivity (Wildman–Crippen MR) is 127 cm³/mol. The molecule has 1 atom stereocenters. The molecule has 1 unspecified atom stereocenters. The van der Waals surface area contributed by atoms with Crippen molar-refractivity contribution in [3.63, 3.8) is 0 Å². The Morgan fingerprint density at radius 1 is 1.39 bits per heavy atom. The molecule has 8 nitrogen and oxygen atoms in total. The van der Waals surface area contributed by atoms with E-state index in [1.807, 2.05) is 13.9 Å². The number of nitrogens with zero attached hydrogens (tertiary/aromatic N) is 2. The van der Waals surface area contributed by atoms with Gasteiger partial charge < -0.3 is 19.7 Å². The van der Waals surface area contributed by atoms with Gasteiger partial charge in [-0.1, -0.05) is 23.1 Å². The summed E-state index contributed by atoms with van der Waals surface area (Å²) in [5, 5.41) is 12.2. The summed E-state index contributed by atoms with van der Waals surface area (Å²) in [5.41, 5.74) is 4.17. The Balaban J connectivity index is 1.74. The third-order valence-corrected chi connectivity index (χ3v) is 5.83. The summed E-state index contributed by atoms with van der Waals surface area (Å²) in [5.74, 6) is -1.35. The monoisotopic (exact) mass is 474 g/mol. The Hall–Kier alpha value is -2.66. The molecule has 0 radical (unpaired) electrons. The topological polar surface area (TPSA) is 97.6 Å². The summed E-state index contributed by atoms with van der Waals surface area (Å²) in [7, 11) is 1.89. The van der Waals surface area contributed by atoms with E-state index >= 15 is 4.39 Å². The van der Waals surface area contributed by atoms with Crippen LogP contribution in [0.2, 0.25) is 5.02 Å². The molecule has 33 heavy (non-hydrogen) atoms. The van der Waals surface area contributed by atoms with Crippen LogP contribution >= 0.6 is 11.6 Å². The number of hydroxylamine groups is 1. The molecule has 1 saturated heterocycles. The van der Waals surface area contributed by atoms with E-state index in [-0.39, 0.29) is 36.1 Å². The zero-order valence-electron chi connectivity index (χ0n) is 18.2. The Labute approximate surface area is 196 Å². The van der Waals surface area contributed by atoms with Gasteiger partial charge in [-0.2, -0.15) is 0 Å². The van der Waals surface area contributed by atoms with E-state index in [0.717, 1.165) is 24.7 Å². The molecule has 174 valence electrons. The number of hydrogen-bond donors (Lipinski definition) is 3. The first-order valence-electron chi connectivity index (χ1n) is 10.8. The van der Waals surface area contributed by atoms with Crippen LogP contribution in [0.1, 0.15) is 29.6 Å². The number of aliphatic hydroxyl groups excluding tert-OH is 1. The number of fused-ring (bicyclic) bond motifs is 1. The zero-order chi connectivity index (χ0) is 23.4. The molecular weight excluding hydrogens is 450 g/mol. The standard InChI is InChI=1S/C22H25BClFN4O4/c23-13-4-5-17(16(24)9-13)27-20-15(22(31)28-33-8-6-30)10-18-21(19(20)25)26-12-29(18)11-14-3-1-2-7-32-14/h4-5,9-10,12,14,27,30H,1-3,6-8,11,23H2,(H,28,31). The second kappa shape index (κ2) is 10.5. The minimum Gasteiger partial charge on any atom is -0.394 e. The first-order chi connectivity index (χ1) is 16.0. The first kappa shape index (κ1) is 23.5. The molecule has 0 bridgehead atoms. The van der Waals surface area contributed by atoms with Gasteiger partial charge in [0.15, 0.2) is 5.82 Å². The largest absolute Gasteiger partial charge is 0.394 e. The molecule has 2 heterocycles. The molecule has 1 aliphatic heterocycles. The lowest BCUT2D eigenvalue weighted by Crippen LogP contribution is -2.26. The van der Waals surface area contributed by atoms with Crippen molar-refractivity contribution in [2.75, 3.05) is 25.1 Å². The van der Waals surface area contributed by atoms with E-state index in [1.165, 1.54) is 0 Å². The van der Waals surface area contributed by atoms with Crippen molar-refractivity contribution in [3.05, 3.63) is 47.0 Å². The van der Waals surface area contributed by atoms with Gasteiger partial charge in [0, 0.05) is 6.61 Å². The molecule has 1 amide bonds. The number of nitrogens with one attached hydrogen (secondary N) is 2. The summed E-state index contributed by atoms with van der Waals surface area (Å²) in [6.45, 7) is 0.841. The van der Waals surface area contributed by atoms with Gasteiger partial charge in [-0.15, -0.1) is 0 Å². The van der Waals surface area contributed by atoms with Crippen molar-refractivity contribution in [1.82, 2.24) is 15.0 Å². The van der Waals surface area contributed by atoms with Gasteiger partial charge in [-0.3, -0.25) is 9.63 Å². The number of rotatable bonds is 8. The number of halogens is 2. The molecule has 1 aromatic heterocycles. The molecule has 0 spiro atoms. The third kappa shape index (κ3) is 5.30. The fraction of sp³-hybridized carbons (Fsp3) is 0.364. The van der Waals surface area contributed by atoms with Gasteiger partial charge in [0.25, 0.3) is 5.91 Å². The van der Waals surface area contributed by atoms with Crippen molar-refractivity contribution in [3.8, 4) is 0 Å². The van der Waals surface area contributed by atoms with Crippen LogP contribution in [-0.2, 0) is 16.1 Å². The van der Waals surface area contributed by atoms with Crippen LogP contribution in [0.25, 0.3) is 11.0 Å². The summed E-state index contributed by atoms with van der Waals surface area (Å²) in [6.07, 6.45) is 4.58. The van der Waals surface area contributed by atoms with E-state index in [2.05, 4.69) is 15.8 Å². The van der Waals surface area contributed by atoms with Crippen LogP contribution < -0.4 is 16.3 Å². The highest BCUT2D eigenvalue weighted by Crippen LogP contribution is 2.33. The Morgan fingerprint density at radius 3 is 2.97 bits per heavy atom. The Kier molecular flexibility index (Phi) is 7.49. The average Bonchev–Trinajstić information content (AvgIpc) is 3.20. The highest BCUT2D eigenvalue weighted by atomic mass is 35.5. The van der Waals surface area contributed by atoms with Crippen molar-refractivity contribution in [2.24, 2.45) is 0 Å². The highest BCUT2D eigenvalue weighted by molar-refractivity contribution is 6.37. The van der Waals surface area contributed by atoms with E-state index in [1.54, 1.807) is 29.1 Å². The van der Waals surface area contributed by atoms with Crippen molar-refractivity contribution in [1.29, 1.82) is 0 Å². The summed E-state index contributed by atoms with van der Waals surface area (Å²) in [4.78, 5) is 22.1. The van der Waals surface area contributed by atoms with Gasteiger partial charge in [-0.25, -0.2) is 14.9 Å². The number of imidazole rings is 1. The average molecular weight is 475 g/mol. The van der Waals surface area contributed by atoms with E-state index in [9.17, 15) is 4.79 Å². The van der Waals surface area contributed by atoms with Crippen LogP contribution in [0.4, 0.5) is 15.8 Å². The highest BCUT2D eigenvalue weighted by Gasteiger charge is 2.24. The quantitative estimate of drug-likeness (QED) is 0.263. The smallest absolute Gasteiger partial charge is 0.277 e. The maximum atomic E-state index is 15.7. The van der Waals surface area contributed by atoms with Crippen molar-refractivity contribution < 1.29 is 23.9 Å². The van der Waals surface area contributed by atoms with Gasteiger partial charge in [0.05, 0.1) is 59.7 Å². The van der Waals surface area contributed by atoms with Gasteiger partial charge in [0.1, 0.15) is 13.4 Å². The fourth-order valence-corrected chi connectivity index (χ4v) is 4.13. The number of anilines is 2. The normalized spacial score (nSPS) is 16.2. The van der Waals surface area contributed by atoms with Crippen molar-refractivity contribution >= 4 is 53.2 Å². The van der Waals surface area contributed by atoms with Crippen molar-refractivity contribution in [2.45, 2.75) is 31.9 Å². The number of benzene rings is 2. The fourth-order valence-electron chi connectivity index (χ4n) is 3.85. The second-order valence-electron chi connectivity index (χ2n) is 7.98. The van der Waals surface area contributed by atoms with Gasteiger partial charge >= 0.3 is 0 Å². The minimum atomic E-state index is -0.681. The molecule has 2 aromatic carbocycles. The Morgan fingerprint density at radius 2 is 2.24 bits per heavy atom. The lowest BCUT2D eigenvalue weighted by Gasteiger charge is -2.23. The molecule has 3 aromatic rings. The van der Waals surface area contributed by atoms with Crippen LogP contribution in [0, 0.1) is 5.82 Å². The molecular formula is C22H25BClFN4O4. The van der Waals surface area contributed by atoms with E-state index in [4.69, 9.17) is 26.3 Å². The van der Waals surface area contributed by atoms with Crippen LogP contribution in [0.5, 0.6) is 0 Å². The maximum absolute atomic E-state index is 15.7. The number of ether oxygens (including phenoxy) is 1. The lowest BCUT2D eigenvalue weighted by molar-refractivity contribution is 0.00661. The second-order valence-corrected chi connectivity index (χ2v) is 8.39. The predicted octanol–water partition coefficient (Wildman–Crippen LogP) is 2.05. The van der Waals surface area contributed by atoms with Crippen LogP contribution in [-0.4, -0.2) is 54.3 Å². The zero-order valence-corrected chi connectivity index (χ0v) is 19.0. The van der Waals surface area contributed by atoms with Crippen LogP contribution in [0.15, 0.2) is 30.6 Å². The molecule has 3 N–H and O–H groups in total. The molecule has 1 fully saturated rings. The number of aliphatic hydroxyl groups is 1. The molecule has 1 aliphatic rings. The number of amides is 1. The van der Waals surface area contributed by atoms with Gasteiger partial charge in [-0.05, 0) is 37.5 Å². The van der Waals surface area contributed by atoms with Crippen LogP contribution in [0.3, 0.4) is 0 Å². The molecule has 4 rings (SSSR count). The number of carbonyl (C=O) groups is 1. The minimum absolute atomic E-state index is 0.00791. The Bertz CT molecular complexity index is 1150. The SMILES string of the molecule is Bc1ccc(Nc2c(C(=O)NOCCO)cc3c(ncn3CC3CCCCO3)c2F)c(Cl)c1. The van der Waals surface area contributed by atoms with E-state index in [0.29, 0.717) is 29.4 Å².